The molecule has 100 valence electrons. The number of nitrogens with two attached hydrogens (primary N) is 1. The van der Waals surface area contributed by atoms with Gasteiger partial charge < -0.3 is 11.1 Å². The number of aryl methyl sites for hydroxylation is 1. The molecule has 0 saturated carbocycles. The Kier molecular flexibility index (Phi) is 4.91. The van der Waals surface area contributed by atoms with E-state index in [0.29, 0.717) is 6.54 Å². The summed E-state index contributed by atoms with van der Waals surface area (Å²) in [6, 6.07) is 8.11. The summed E-state index contributed by atoms with van der Waals surface area (Å²) in [7, 11) is 0. The maximum Gasteiger partial charge on any atom is 0.227 e. The zero-order valence-corrected chi connectivity index (χ0v) is 11.8. The molecule has 1 aromatic rings. The van der Waals surface area contributed by atoms with Crippen molar-refractivity contribution in [2.24, 2.45) is 11.1 Å². The third-order valence-corrected chi connectivity index (χ3v) is 3.78. The molecular formula is C15H24N2O. The molecule has 3 heteroatoms. The highest BCUT2D eigenvalue weighted by Gasteiger charge is 2.30. The molecule has 0 fully saturated rings. The number of rotatable bonds is 5. The van der Waals surface area contributed by atoms with Crippen LogP contribution in [0.25, 0.3) is 0 Å². The summed E-state index contributed by atoms with van der Waals surface area (Å²) in [6.45, 7) is 8.33. The third-order valence-electron chi connectivity index (χ3n) is 3.78. The van der Waals surface area contributed by atoms with Gasteiger partial charge in [0.2, 0.25) is 5.91 Å². The fourth-order valence-electron chi connectivity index (χ4n) is 1.92. The van der Waals surface area contributed by atoms with Gasteiger partial charge in [-0.1, -0.05) is 31.2 Å². The molecule has 1 amide bonds. The largest absolute Gasteiger partial charge is 0.349 e. The number of nitrogens with one attached hydrogen (secondary N) is 1. The van der Waals surface area contributed by atoms with Crippen LogP contribution in [0.1, 0.15) is 44.4 Å². The van der Waals surface area contributed by atoms with Crippen molar-refractivity contribution >= 4 is 5.91 Å². The summed E-state index contributed by atoms with van der Waals surface area (Å²) >= 11 is 0. The maximum absolute atomic E-state index is 12.2. The van der Waals surface area contributed by atoms with Crippen LogP contribution in [0.15, 0.2) is 24.3 Å². The summed E-state index contributed by atoms with van der Waals surface area (Å²) in [5, 5.41) is 3.06. The van der Waals surface area contributed by atoms with E-state index in [-0.39, 0.29) is 11.9 Å². The molecule has 18 heavy (non-hydrogen) atoms. The van der Waals surface area contributed by atoms with Gasteiger partial charge in [-0.05, 0) is 38.3 Å². The highest BCUT2D eigenvalue weighted by atomic mass is 16.2. The Balaban J connectivity index is 2.80. The van der Waals surface area contributed by atoms with Crippen molar-refractivity contribution in [2.75, 3.05) is 6.54 Å². The zero-order chi connectivity index (χ0) is 13.8. The monoisotopic (exact) mass is 248 g/mol. The van der Waals surface area contributed by atoms with Crippen LogP contribution in [0.3, 0.4) is 0 Å². The molecule has 3 N–H and O–H groups in total. The Labute approximate surface area is 110 Å². The van der Waals surface area contributed by atoms with E-state index in [9.17, 15) is 4.79 Å². The van der Waals surface area contributed by atoms with Gasteiger partial charge in [-0.3, -0.25) is 4.79 Å². The van der Waals surface area contributed by atoms with Gasteiger partial charge in [0.1, 0.15) is 0 Å². The third kappa shape index (κ3) is 3.10. The second-order valence-electron chi connectivity index (χ2n) is 5.17. The predicted molar refractivity (Wildman–Crippen MR) is 75.2 cm³/mol. The molecule has 0 spiro atoms. The van der Waals surface area contributed by atoms with E-state index in [1.165, 1.54) is 5.56 Å². The quantitative estimate of drug-likeness (QED) is 0.841. The minimum Gasteiger partial charge on any atom is -0.349 e. The molecule has 3 nitrogen and oxygen atoms in total. The first kappa shape index (κ1) is 14.7. The summed E-state index contributed by atoms with van der Waals surface area (Å²) in [6.07, 6.45) is 0.746. The van der Waals surface area contributed by atoms with Crippen LogP contribution in [0, 0.1) is 12.3 Å². The molecule has 0 aliphatic heterocycles. The van der Waals surface area contributed by atoms with Crippen LogP contribution in [-0.4, -0.2) is 12.5 Å². The lowest BCUT2D eigenvalue weighted by Crippen LogP contribution is -2.44. The van der Waals surface area contributed by atoms with Gasteiger partial charge in [0.15, 0.2) is 0 Å². The Morgan fingerprint density at radius 1 is 1.44 bits per heavy atom. The van der Waals surface area contributed by atoms with Crippen LogP contribution in [0.2, 0.25) is 0 Å². The van der Waals surface area contributed by atoms with Crippen LogP contribution >= 0.6 is 0 Å². The Hall–Kier alpha value is -1.35. The average molecular weight is 248 g/mol. The number of carbonyl (C=O) groups is 1. The van der Waals surface area contributed by atoms with Crippen molar-refractivity contribution in [2.45, 2.75) is 40.2 Å². The molecule has 0 aliphatic rings. The molecule has 1 rings (SSSR count). The topological polar surface area (TPSA) is 55.1 Å². The summed E-state index contributed by atoms with van der Waals surface area (Å²) < 4.78 is 0. The first-order valence-corrected chi connectivity index (χ1v) is 6.51. The van der Waals surface area contributed by atoms with Crippen molar-refractivity contribution in [1.29, 1.82) is 0 Å². The normalized spacial score (nSPS) is 15.8. The zero-order valence-electron chi connectivity index (χ0n) is 11.8. The molecule has 0 saturated heterocycles. The van der Waals surface area contributed by atoms with Crippen molar-refractivity contribution in [3.05, 3.63) is 35.4 Å². The molecule has 1 aromatic carbocycles. The molecule has 0 heterocycles. The highest BCUT2D eigenvalue weighted by molar-refractivity contribution is 5.82. The average Bonchev–Trinajstić information content (AvgIpc) is 2.38. The fraction of sp³-hybridized carbons (Fsp3) is 0.533. The van der Waals surface area contributed by atoms with E-state index < -0.39 is 5.41 Å². The second-order valence-corrected chi connectivity index (χ2v) is 5.17. The standard InChI is InChI=1S/C15H24N2O/c1-5-15(4,10-16)14(18)17-12(3)13-9-7-6-8-11(13)2/h6-9,12H,5,10,16H2,1-4H3,(H,17,18)/t12-,15?/m0/s1. The summed E-state index contributed by atoms with van der Waals surface area (Å²) in [5.74, 6) is 0.0308. The number of carbonyl (C=O) groups excluding carboxylic acids is 1. The molecule has 2 atom stereocenters. The minimum absolute atomic E-state index is 0.0103. The fourth-order valence-corrected chi connectivity index (χ4v) is 1.92. The summed E-state index contributed by atoms with van der Waals surface area (Å²) in [4.78, 5) is 12.2. The van der Waals surface area contributed by atoms with Gasteiger partial charge >= 0.3 is 0 Å². The molecule has 0 radical (unpaired) electrons. The van der Waals surface area contributed by atoms with Crippen molar-refractivity contribution in [3.8, 4) is 0 Å². The lowest BCUT2D eigenvalue weighted by molar-refractivity contribution is -0.130. The molecule has 0 aliphatic carbocycles. The van der Waals surface area contributed by atoms with E-state index in [4.69, 9.17) is 5.73 Å². The number of hydrogen-bond donors (Lipinski definition) is 2. The minimum atomic E-state index is -0.475. The van der Waals surface area contributed by atoms with E-state index in [1.54, 1.807) is 0 Å². The lowest BCUT2D eigenvalue weighted by atomic mass is 9.86. The Bertz CT molecular complexity index is 411. The second kappa shape index (κ2) is 6.01. The first-order chi connectivity index (χ1) is 8.44. The smallest absolute Gasteiger partial charge is 0.227 e. The van der Waals surface area contributed by atoms with E-state index in [2.05, 4.69) is 18.3 Å². The van der Waals surface area contributed by atoms with Gasteiger partial charge in [0.25, 0.3) is 0 Å². The number of hydrogen-bond acceptors (Lipinski definition) is 2. The Morgan fingerprint density at radius 2 is 2.06 bits per heavy atom. The van der Waals surface area contributed by atoms with E-state index >= 15 is 0 Å². The first-order valence-electron chi connectivity index (χ1n) is 6.51. The van der Waals surface area contributed by atoms with E-state index in [1.807, 2.05) is 39.0 Å². The van der Waals surface area contributed by atoms with Crippen molar-refractivity contribution < 1.29 is 4.79 Å². The van der Waals surface area contributed by atoms with Crippen LogP contribution < -0.4 is 11.1 Å². The number of benzene rings is 1. The molecule has 0 bridgehead atoms. The van der Waals surface area contributed by atoms with Crippen LogP contribution in [0.4, 0.5) is 0 Å². The van der Waals surface area contributed by atoms with Gasteiger partial charge in [-0.15, -0.1) is 0 Å². The van der Waals surface area contributed by atoms with Crippen LogP contribution in [0.5, 0.6) is 0 Å². The van der Waals surface area contributed by atoms with E-state index in [0.717, 1.165) is 12.0 Å². The predicted octanol–water partition coefficient (Wildman–Crippen LogP) is 2.55. The highest BCUT2D eigenvalue weighted by Crippen LogP contribution is 2.23. The molecular weight excluding hydrogens is 224 g/mol. The van der Waals surface area contributed by atoms with Crippen molar-refractivity contribution in [3.63, 3.8) is 0 Å². The van der Waals surface area contributed by atoms with Crippen LogP contribution in [-0.2, 0) is 4.79 Å². The van der Waals surface area contributed by atoms with Gasteiger partial charge in [-0.25, -0.2) is 0 Å². The Morgan fingerprint density at radius 3 is 2.56 bits per heavy atom. The summed E-state index contributed by atoms with van der Waals surface area (Å²) in [5.41, 5.74) is 7.57. The van der Waals surface area contributed by atoms with Gasteiger partial charge in [0, 0.05) is 6.54 Å². The molecule has 0 aromatic heterocycles. The van der Waals surface area contributed by atoms with Gasteiger partial charge in [-0.2, -0.15) is 0 Å². The van der Waals surface area contributed by atoms with Crippen molar-refractivity contribution in [1.82, 2.24) is 5.32 Å². The molecule has 1 unspecified atom stereocenters. The lowest BCUT2D eigenvalue weighted by Gasteiger charge is -2.27. The SMILES string of the molecule is CCC(C)(CN)C(=O)N[C@@H](C)c1ccccc1C. The van der Waals surface area contributed by atoms with Gasteiger partial charge in [0.05, 0.1) is 11.5 Å². The maximum atomic E-state index is 12.2. The number of amides is 1.